The molecule has 1 aromatic carbocycles. The van der Waals surface area contributed by atoms with Crippen LogP contribution in [0.25, 0.3) is 22.5 Å². The van der Waals surface area contributed by atoms with Crippen molar-refractivity contribution in [2.24, 2.45) is 0 Å². The molecule has 0 fully saturated rings. The second-order valence-electron chi connectivity index (χ2n) is 7.29. The number of anilines is 2. The van der Waals surface area contributed by atoms with E-state index in [1.165, 1.54) is 11.1 Å². The molecule has 0 aliphatic carbocycles. The Bertz CT molecular complexity index is 1170. The maximum Gasteiger partial charge on any atom is 0.227 e. The molecule has 4 aromatic rings. The first-order valence-electron chi connectivity index (χ1n) is 10.2. The number of fused-ring (bicyclic) bond motifs is 1. The highest BCUT2D eigenvalue weighted by molar-refractivity contribution is 5.78. The van der Waals surface area contributed by atoms with Crippen molar-refractivity contribution in [3.63, 3.8) is 0 Å². The number of aromatic nitrogens is 5. The van der Waals surface area contributed by atoms with Gasteiger partial charge in [-0.25, -0.2) is 9.97 Å². The maximum absolute atomic E-state index is 4.78. The zero-order chi connectivity index (χ0) is 20.3. The van der Waals surface area contributed by atoms with E-state index in [-0.39, 0.29) is 0 Å². The van der Waals surface area contributed by atoms with Gasteiger partial charge in [-0.15, -0.1) is 0 Å². The summed E-state index contributed by atoms with van der Waals surface area (Å²) in [5.41, 5.74) is 7.36. The highest BCUT2D eigenvalue weighted by Gasteiger charge is 2.15. The first-order chi connectivity index (χ1) is 14.8. The molecule has 1 aliphatic rings. The fourth-order valence-corrected chi connectivity index (χ4v) is 3.74. The molecule has 4 heterocycles. The van der Waals surface area contributed by atoms with Gasteiger partial charge in [-0.05, 0) is 61.3 Å². The Morgan fingerprint density at radius 1 is 1.13 bits per heavy atom. The number of nitrogens with one attached hydrogen (secondary N) is 2. The quantitative estimate of drug-likeness (QED) is 0.533. The molecule has 150 valence electrons. The van der Waals surface area contributed by atoms with Crippen LogP contribution in [0.1, 0.15) is 18.1 Å². The molecule has 0 saturated carbocycles. The first kappa shape index (κ1) is 18.4. The Morgan fingerprint density at radius 3 is 2.97 bits per heavy atom. The van der Waals surface area contributed by atoms with Crippen LogP contribution in [0.3, 0.4) is 0 Å². The van der Waals surface area contributed by atoms with E-state index in [0.717, 1.165) is 54.3 Å². The van der Waals surface area contributed by atoms with Crippen LogP contribution in [0, 0.1) is 0 Å². The second-order valence-corrected chi connectivity index (χ2v) is 7.29. The van der Waals surface area contributed by atoms with Crippen molar-refractivity contribution in [3.05, 3.63) is 72.3 Å². The Balaban J connectivity index is 1.48. The Hall–Kier alpha value is -3.58. The smallest absolute Gasteiger partial charge is 0.227 e. The van der Waals surface area contributed by atoms with Crippen LogP contribution in [0.4, 0.5) is 11.6 Å². The van der Waals surface area contributed by atoms with Crippen molar-refractivity contribution in [2.45, 2.75) is 26.4 Å². The molecule has 1 aliphatic heterocycles. The average Bonchev–Trinajstić information content (AvgIpc) is 3.25. The van der Waals surface area contributed by atoms with E-state index < -0.39 is 0 Å². The molecule has 0 saturated heterocycles. The number of nitrogens with zero attached hydrogens (tertiary/aromatic N) is 5. The minimum absolute atomic E-state index is 0.572. The van der Waals surface area contributed by atoms with Gasteiger partial charge >= 0.3 is 0 Å². The van der Waals surface area contributed by atoms with E-state index in [1.807, 2.05) is 35.3 Å². The van der Waals surface area contributed by atoms with Crippen molar-refractivity contribution in [3.8, 4) is 22.5 Å². The van der Waals surface area contributed by atoms with E-state index >= 15 is 0 Å². The van der Waals surface area contributed by atoms with Gasteiger partial charge < -0.3 is 10.6 Å². The first-order valence-corrected chi connectivity index (χ1v) is 10.2. The number of pyridine rings is 1. The predicted molar refractivity (Wildman–Crippen MR) is 117 cm³/mol. The highest BCUT2D eigenvalue weighted by Crippen LogP contribution is 2.30. The molecule has 2 N–H and O–H groups in total. The molecule has 0 radical (unpaired) electrons. The van der Waals surface area contributed by atoms with E-state index in [0.29, 0.717) is 5.95 Å². The van der Waals surface area contributed by atoms with Crippen molar-refractivity contribution in [1.29, 1.82) is 0 Å². The van der Waals surface area contributed by atoms with Gasteiger partial charge in [-0.2, -0.15) is 5.10 Å². The Labute approximate surface area is 175 Å². The zero-order valence-electron chi connectivity index (χ0n) is 16.8. The Kier molecular flexibility index (Phi) is 4.94. The van der Waals surface area contributed by atoms with E-state index in [4.69, 9.17) is 10.1 Å². The maximum atomic E-state index is 4.78. The lowest BCUT2D eigenvalue weighted by molar-refractivity contribution is 0.644. The van der Waals surface area contributed by atoms with Crippen molar-refractivity contribution >= 4 is 11.6 Å². The van der Waals surface area contributed by atoms with Crippen LogP contribution in [-0.2, 0) is 19.5 Å². The SMILES string of the molecule is CCn1cc(-c2ccnc(Nc3ccc4c(c3)CCNC4)n2)c(-c2cccnc2)n1. The predicted octanol–water partition coefficient (Wildman–Crippen LogP) is 3.81. The fraction of sp³-hybridized carbons (Fsp3) is 0.217. The standard InChI is InChI=1S/C23H23N7/c1-2-30-15-20(22(29-30)18-4-3-9-24-14-18)21-8-11-26-23(28-21)27-19-6-5-17-13-25-10-7-16(17)12-19/h3-6,8-9,11-12,14-15,25H,2,7,10,13H2,1H3,(H,26,27,28). The van der Waals surface area contributed by atoms with Gasteiger partial charge in [0.15, 0.2) is 0 Å². The molecular formula is C23H23N7. The van der Waals surface area contributed by atoms with Gasteiger partial charge in [-0.1, -0.05) is 6.07 Å². The summed E-state index contributed by atoms with van der Waals surface area (Å²) >= 11 is 0. The van der Waals surface area contributed by atoms with Crippen LogP contribution in [-0.4, -0.2) is 31.3 Å². The van der Waals surface area contributed by atoms with Crippen molar-refractivity contribution in [2.75, 3.05) is 11.9 Å². The molecule has 3 aromatic heterocycles. The van der Waals surface area contributed by atoms with E-state index in [1.54, 1.807) is 12.4 Å². The molecule has 0 unspecified atom stereocenters. The molecule has 0 bridgehead atoms. The summed E-state index contributed by atoms with van der Waals surface area (Å²) < 4.78 is 1.92. The lowest BCUT2D eigenvalue weighted by Gasteiger charge is -2.18. The van der Waals surface area contributed by atoms with Crippen LogP contribution in [0.15, 0.2) is 61.2 Å². The van der Waals surface area contributed by atoms with Gasteiger partial charge in [0.2, 0.25) is 5.95 Å². The third-order valence-electron chi connectivity index (χ3n) is 5.30. The van der Waals surface area contributed by atoms with Gasteiger partial charge in [0, 0.05) is 54.7 Å². The number of hydrogen-bond donors (Lipinski definition) is 2. The zero-order valence-corrected chi connectivity index (χ0v) is 16.8. The van der Waals surface area contributed by atoms with Crippen molar-refractivity contribution in [1.82, 2.24) is 30.0 Å². The summed E-state index contributed by atoms with van der Waals surface area (Å²) in [7, 11) is 0. The number of hydrogen-bond acceptors (Lipinski definition) is 6. The van der Waals surface area contributed by atoms with Crippen LogP contribution < -0.4 is 10.6 Å². The molecule has 0 atom stereocenters. The van der Waals surface area contributed by atoms with Crippen LogP contribution in [0.2, 0.25) is 0 Å². The Morgan fingerprint density at radius 2 is 2.10 bits per heavy atom. The van der Waals surface area contributed by atoms with Gasteiger partial charge in [0.25, 0.3) is 0 Å². The fourth-order valence-electron chi connectivity index (χ4n) is 3.74. The number of rotatable bonds is 5. The topological polar surface area (TPSA) is 80.5 Å². The lowest BCUT2D eigenvalue weighted by Crippen LogP contribution is -2.23. The minimum atomic E-state index is 0.572. The monoisotopic (exact) mass is 397 g/mol. The molecular weight excluding hydrogens is 374 g/mol. The van der Waals surface area contributed by atoms with E-state index in [9.17, 15) is 0 Å². The third-order valence-corrected chi connectivity index (χ3v) is 5.30. The highest BCUT2D eigenvalue weighted by atomic mass is 15.3. The number of benzene rings is 1. The van der Waals surface area contributed by atoms with Crippen LogP contribution in [0.5, 0.6) is 0 Å². The summed E-state index contributed by atoms with van der Waals surface area (Å²) in [4.78, 5) is 13.4. The summed E-state index contributed by atoms with van der Waals surface area (Å²) in [6.45, 7) is 4.80. The molecule has 0 amide bonds. The third kappa shape index (κ3) is 3.67. The normalized spacial score (nSPS) is 13.1. The van der Waals surface area contributed by atoms with Crippen LogP contribution >= 0.6 is 0 Å². The van der Waals surface area contributed by atoms with Crippen molar-refractivity contribution < 1.29 is 0 Å². The molecule has 0 spiro atoms. The largest absolute Gasteiger partial charge is 0.324 e. The lowest BCUT2D eigenvalue weighted by atomic mass is 10.0. The summed E-state index contributed by atoms with van der Waals surface area (Å²) in [5.74, 6) is 0.572. The average molecular weight is 397 g/mol. The van der Waals surface area contributed by atoms with E-state index in [2.05, 4.69) is 45.7 Å². The minimum Gasteiger partial charge on any atom is -0.324 e. The molecule has 7 heteroatoms. The van der Waals surface area contributed by atoms with Gasteiger partial charge in [0.1, 0.15) is 5.69 Å². The summed E-state index contributed by atoms with van der Waals surface area (Å²) in [6.07, 6.45) is 8.44. The summed E-state index contributed by atoms with van der Waals surface area (Å²) in [6, 6.07) is 12.3. The molecule has 30 heavy (non-hydrogen) atoms. The second kappa shape index (κ2) is 8.04. The van der Waals surface area contributed by atoms with Gasteiger partial charge in [0.05, 0.1) is 5.69 Å². The molecule has 5 rings (SSSR count). The number of aryl methyl sites for hydroxylation is 1. The summed E-state index contributed by atoms with van der Waals surface area (Å²) in [5, 5.41) is 11.5. The van der Waals surface area contributed by atoms with Gasteiger partial charge in [-0.3, -0.25) is 9.67 Å². The molecule has 7 nitrogen and oxygen atoms in total.